The quantitative estimate of drug-likeness (QED) is 0.683. The van der Waals surface area contributed by atoms with E-state index in [0.717, 1.165) is 22.2 Å². The number of hydrogen-bond acceptors (Lipinski definition) is 5. The molecule has 0 amide bonds. The van der Waals surface area contributed by atoms with Crippen LogP contribution in [0.5, 0.6) is 0 Å². The average molecular weight is 280 g/mol. The number of nitrogens with two attached hydrogens (primary N) is 1. The van der Waals surface area contributed by atoms with Crippen molar-refractivity contribution in [2.45, 2.75) is 6.42 Å². The summed E-state index contributed by atoms with van der Waals surface area (Å²) in [6.07, 6.45) is 0.652. The van der Waals surface area contributed by atoms with Crippen LogP contribution in [-0.4, -0.2) is 21.7 Å². The molecule has 3 aromatic rings. The van der Waals surface area contributed by atoms with E-state index in [2.05, 4.69) is 15.3 Å². The summed E-state index contributed by atoms with van der Waals surface area (Å²) in [6, 6.07) is 15.4. The first-order chi connectivity index (χ1) is 10.3. The first kappa shape index (κ1) is 13.3. The van der Waals surface area contributed by atoms with Gasteiger partial charge in [-0.05, 0) is 36.2 Å². The van der Waals surface area contributed by atoms with Crippen molar-refractivity contribution in [1.29, 1.82) is 0 Å². The van der Waals surface area contributed by atoms with Gasteiger partial charge in [0.1, 0.15) is 5.82 Å². The molecule has 0 aliphatic rings. The summed E-state index contributed by atoms with van der Waals surface area (Å²) in [7, 11) is 0. The maximum absolute atomic E-state index is 8.91. The molecule has 2 aromatic carbocycles. The van der Waals surface area contributed by atoms with Crippen LogP contribution in [0.25, 0.3) is 10.9 Å². The Kier molecular flexibility index (Phi) is 3.66. The van der Waals surface area contributed by atoms with Crippen molar-refractivity contribution in [3.05, 3.63) is 54.1 Å². The molecule has 4 N–H and O–H groups in total. The predicted molar refractivity (Wildman–Crippen MR) is 84.5 cm³/mol. The normalized spacial score (nSPS) is 10.7. The van der Waals surface area contributed by atoms with E-state index in [4.69, 9.17) is 10.8 Å². The van der Waals surface area contributed by atoms with Gasteiger partial charge in [-0.3, -0.25) is 0 Å². The van der Waals surface area contributed by atoms with Crippen LogP contribution in [0.2, 0.25) is 0 Å². The number of aromatic nitrogens is 2. The minimum atomic E-state index is 0.150. The molecule has 0 aliphatic heterocycles. The lowest BCUT2D eigenvalue weighted by atomic mass is 10.1. The van der Waals surface area contributed by atoms with E-state index >= 15 is 0 Å². The highest BCUT2D eigenvalue weighted by Crippen LogP contribution is 2.21. The van der Waals surface area contributed by atoms with E-state index in [1.807, 2.05) is 48.5 Å². The van der Waals surface area contributed by atoms with E-state index in [9.17, 15) is 0 Å². The molecule has 21 heavy (non-hydrogen) atoms. The monoisotopic (exact) mass is 280 g/mol. The van der Waals surface area contributed by atoms with Crippen molar-refractivity contribution >= 4 is 28.4 Å². The van der Waals surface area contributed by atoms with Crippen molar-refractivity contribution in [2.24, 2.45) is 0 Å². The third-order valence-corrected chi connectivity index (χ3v) is 3.24. The second kappa shape index (κ2) is 5.76. The van der Waals surface area contributed by atoms with Crippen LogP contribution in [0.4, 0.5) is 17.5 Å². The molecule has 0 fully saturated rings. The number of benzene rings is 2. The highest BCUT2D eigenvalue weighted by molar-refractivity contribution is 5.89. The van der Waals surface area contributed by atoms with Crippen LogP contribution < -0.4 is 11.1 Å². The molecule has 3 rings (SSSR count). The average Bonchev–Trinajstić information content (AvgIpc) is 2.50. The number of hydrogen-bond donors (Lipinski definition) is 3. The predicted octanol–water partition coefficient (Wildman–Crippen LogP) is 2.49. The van der Waals surface area contributed by atoms with Gasteiger partial charge in [-0.1, -0.05) is 24.3 Å². The van der Waals surface area contributed by atoms with Gasteiger partial charge in [-0.15, -0.1) is 0 Å². The number of para-hydroxylation sites is 1. The van der Waals surface area contributed by atoms with Gasteiger partial charge < -0.3 is 16.2 Å². The zero-order valence-corrected chi connectivity index (χ0v) is 11.5. The molecule has 0 spiro atoms. The number of nitrogens with zero attached hydrogens (tertiary/aromatic N) is 2. The van der Waals surface area contributed by atoms with Crippen LogP contribution in [0, 0.1) is 0 Å². The van der Waals surface area contributed by atoms with Crippen LogP contribution in [0.15, 0.2) is 48.5 Å². The van der Waals surface area contributed by atoms with Gasteiger partial charge >= 0.3 is 0 Å². The lowest BCUT2D eigenvalue weighted by Crippen LogP contribution is -2.01. The SMILES string of the molecule is Nc1nc(Nc2ccc(CCO)cc2)nc2ccccc12. The van der Waals surface area contributed by atoms with Gasteiger partial charge in [0.2, 0.25) is 5.95 Å². The van der Waals surface area contributed by atoms with Crippen molar-refractivity contribution < 1.29 is 5.11 Å². The lowest BCUT2D eigenvalue weighted by Gasteiger charge is -2.08. The molecule has 0 aliphatic carbocycles. The number of aliphatic hydroxyl groups excluding tert-OH is 1. The Morgan fingerprint density at radius 3 is 2.52 bits per heavy atom. The number of anilines is 3. The topological polar surface area (TPSA) is 84.1 Å². The highest BCUT2D eigenvalue weighted by Gasteiger charge is 2.04. The van der Waals surface area contributed by atoms with Gasteiger partial charge in [-0.2, -0.15) is 4.98 Å². The molecule has 5 heteroatoms. The van der Waals surface area contributed by atoms with Gasteiger partial charge in [0.05, 0.1) is 5.52 Å². The Morgan fingerprint density at radius 1 is 1.00 bits per heavy atom. The van der Waals surface area contributed by atoms with Crippen molar-refractivity contribution in [3.8, 4) is 0 Å². The number of nitrogens with one attached hydrogen (secondary N) is 1. The van der Waals surface area contributed by atoms with Crippen LogP contribution in [0.3, 0.4) is 0 Å². The number of rotatable bonds is 4. The fourth-order valence-corrected chi connectivity index (χ4v) is 2.17. The summed E-state index contributed by atoms with van der Waals surface area (Å²) in [5.41, 5.74) is 8.73. The molecule has 5 nitrogen and oxygen atoms in total. The summed E-state index contributed by atoms with van der Waals surface area (Å²) in [6.45, 7) is 0.150. The summed E-state index contributed by atoms with van der Waals surface area (Å²) in [5, 5.41) is 12.9. The summed E-state index contributed by atoms with van der Waals surface area (Å²) >= 11 is 0. The van der Waals surface area contributed by atoms with Crippen molar-refractivity contribution in [2.75, 3.05) is 17.7 Å². The third-order valence-electron chi connectivity index (χ3n) is 3.24. The Bertz CT molecular complexity index is 756. The maximum Gasteiger partial charge on any atom is 0.229 e. The lowest BCUT2D eigenvalue weighted by molar-refractivity contribution is 0.299. The summed E-state index contributed by atoms with van der Waals surface area (Å²) in [5.74, 6) is 0.932. The van der Waals surface area contributed by atoms with E-state index in [-0.39, 0.29) is 6.61 Å². The zero-order valence-electron chi connectivity index (χ0n) is 11.5. The number of nitrogen functional groups attached to an aromatic ring is 1. The second-order valence-corrected chi connectivity index (χ2v) is 4.75. The van der Waals surface area contributed by atoms with Gasteiger partial charge in [0.25, 0.3) is 0 Å². The molecule has 0 bridgehead atoms. The Hall–Kier alpha value is -2.66. The summed E-state index contributed by atoms with van der Waals surface area (Å²) < 4.78 is 0. The van der Waals surface area contributed by atoms with Gasteiger partial charge in [-0.25, -0.2) is 4.98 Å². The fraction of sp³-hybridized carbons (Fsp3) is 0.125. The van der Waals surface area contributed by atoms with Gasteiger partial charge in [0.15, 0.2) is 0 Å². The molecule has 0 radical (unpaired) electrons. The smallest absolute Gasteiger partial charge is 0.229 e. The standard InChI is InChI=1S/C16H16N4O/c17-15-13-3-1-2-4-14(13)19-16(20-15)18-12-7-5-11(6-8-12)9-10-21/h1-8,21H,9-10H2,(H3,17,18,19,20). The first-order valence-electron chi connectivity index (χ1n) is 6.75. The molecular weight excluding hydrogens is 264 g/mol. The maximum atomic E-state index is 8.91. The minimum Gasteiger partial charge on any atom is -0.396 e. The van der Waals surface area contributed by atoms with Gasteiger partial charge in [0, 0.05) is 17.7 Å². The number of aliphatic hydroxyl groups is 1. The van der Waals surface area contributed by atoms with Crippen LogP contribution in [0.1, 0.15) is 5.56 Å². The molecule has 0 unspecified atom stereocenters. The van der Waals surface area contributed by atoms with E-state index in [0.29, 0.717) is 18.2 Å². The minimum absolute atomic E-state index is 0.150. The molecular formula is C16H16N4O. The molecule has 0 atom stereocenters. The van der Waals surface area contributed by atoms with Crippen molar-refractivity contribution in [1.82, 2.24) is 9.97 Å². The Morgan fingerprint density at radius 2 is 1.76 bits per heavy atom. The second-order valence-electron chi connectivity index (χ2n) is 4.75. The Balaban J connectivity index is 1.87. The first-order valence-corrected chi connectivity index (χ1v) is 6.75. The van der Waals surface area contributed by atoms with E-state index in [1.165, 1.54) is 0 Å². The molecule has 1 heterocycles. The highest BCUT2D eigenvalue weighted by atomic mass is 16.2. The third kappa shape index (κ3) is 2.93. The van der Waals surface area contributed by atoms with Crippen molar-refractivity contribution in [3.63, 3.8) is 0 Å². The van der Waals surface area contributed by atoms with E-state index < -0.39 is 0 Å². The fourth-order valence-electron chi connectivity index (χ4n) is 2.17. The largest absolute Gasteiger partial charge is 0.396 e. The molecule has 0 saturated carbocycles. The van der Waals surface area contributed by atoms with E-state index in [1.54, 1.807) is 0 Å². The van der Waals surface area contributed by atoms with Crippen LogP contribution >= 0.6 is 0 Å². The molecule has 106 valence electrons. The molecule has 0 saturated heterocycles. The zero-order chi connectivity index (χ0) is 14.7. The Labute approximate surface area is 122 Å². The summed E-state index contributed by atoms with van der Waals surface area (Å²) in [4.78, 5) is 8.72. The molecule has 1 aromatic heterocycles. The van der Waals surface area contributed by atoms with Crippen LogP contribution in [-0.2, 0) is 6.42 Å². The number of fused-ring (bicyclic) bond motifs is 1.